The third-order valence-electron chi connectivity index (χ3n) is 3.79. The highest BCUT2D eigenvalue weighted by Gasteiger charge is 2.39. The highest BCUT2D eigenvalue weighted by Crippen LogP contribution is 2.20. The minimum atomic E-state index is -1.13. The normalized spacial score (nSPS) is 18.4. The lowest BCUT2D eigenvalue weighted by molar-refractivity contribution is -0.133. The summed E-state index contributed by atoms with van der Waals surface area (Å²) in [5.41, 5.74) is 1.02. The molecule has 2 unspecified atom stereocenters. The predicted octanol–water partition coefficient (Wildman–Crippen LogP) is 1.87. The molecule has 23 heavy (non-hydrogen) atoms. The number of cyclic esters (lactones) is 1. The molecule has 1 saturated heterocycles. The van der Waals surface area contributed by atoms with Crippen LogP contribution in [0.15, 0.2) is 30.3 Å². The average molecular weight is 320 g/mol. The zero-order valence-corrected chi connectivity index (χ0v) is 12.9. The van der Waals surface area contributed by atoms with Gasteiger partial charge in [0, 0.05) is 12.5 Å². The summed E-state index contributed by atoms with van der Waals surface area (Å²) in [5.74, 6) is -0.800. The monoisotopic (exact) mass is 320 g/mol. The van der Waals surface area contributed by atoms with Crippen LogP contribution in [0.25, 0.3) is 0 Å². The van der Waals surface area contributed by atoms with Crippen LogP contribution in [-0.2, 0) is 16.0 Å². The van der Waals surface area contributed by atoms with Gasteiger partial charge in [-0.15, -0.1) is 0 Å². The number of nitrogens with one attached hydrogen (secondary N) is 1. The number of hydrogen-bond donors (Lipinski definition) is 2. The number of carbonyl (C=O) groups is 3. The molecule has 1 aromatic carbocycles. The van der Waals surface area contributed by atoms with Crippen molar-refractivity contribution >= 4 is 18.1 Å². The molecular weight excluding hydrogens is 300 g/mol. The number of carbonyl (C=O) groups excluding carboxylic acids is 2. The number of nitrogens with zero attached hydrogens (tertiary/aromatic N) is 1. The van der Waals surface area contributed by atoms with Crippen LogP contribution in [0.1, 0.15) is 18.9 Å². The summed E-state index contributed by atoms with van der Waals surface area (Å²) in [6, 6.07) is 9.25. The van der Waals surface area contributed by atoms with E-state index in [1.54, 1.807) is 6.92 Å². The fourth-order valence-corrected chi connectivity index (χ4v) is 2.52. The zero-order valence-electron chi connectivity index (χ0n) is 12.9. The maximum absolute atomic E-state index is 12.5. The number of amides is 3. The van der Waals surface area contributed by atoms with Crippen molar-refractivity contribution in [2.24, 2.45) is 5.92 Å². The van der Waals surface area contributed by atoms with Crippen molar-refractivity contribution in [2.45, 2.75) is 25.8 Å². The largest absolute Gasteiger partial charge is 0.465 e. The number of rotatable bonds is 6. The Morgan fingerprint density at radius 3 is 2.74 bits per heavy atom. The molecule has 1 aliphatic rings. The number of imide groups is 1. The van der Waals surface area contributed by atoms with Gasteiger partial charge in [0.05, 0.1) is 6.04 Å². The average Bonchev–Trinajstić information content (AvgIpc) is 2.87. The number of benzene rings is 1. The molecule has 0 bridgehead atoms. The van der Waals surface area contributed by atoms with Crippen LogP contribution in [0.4, 0.5) is 9.59 Å². The maximum atomic E-state index is 12.5. The quantitative estimate of drug-likeness (QED) is 0.834. The van der Waals surface area contributed by atoms with Crippen LogP contribution >= 0.6 is 0 Å². The molecule has 1 fully saturated rings. The van der Waals surface area contributed by atoms with Crippen molar-refractivity contribution in [2.75, 3.05) is 13.2 Å². The summed E-state index contributed by atoms with van der Waals surface area (Å²) < 4.78 is 5.02. The van der Waals surface area contributed by atoms with Gasteiger partial charge in [-0.05, 0) is 18.4 Å². The van der Waals surface area contributed by atoms with Crippen LogP contribution in [0, 0.1) is 5.92 Å². The molecule has 0 saturated carbocycles. The Balaban J connectivity index is 1.98. The van der Waals surface area contributed by atoms with E-state index in [9.17, 15) is 14.4 Å². The summed E-state index contributed by atoms with van der Waals surface area (Å²) in [4.78, 5) is 36.0. The van der Waals surface area contributed by atoms with Crippen LogP contribution in [0.2, 0.25) is 0 Å². The number of ether oxygens (including phenoxy) is 1. The third-order valence-corrected chi connectivity index (χ3v) is 3.79. The lowest BCUT2D eigenvalue weighted by Gasteiger charge is -2.23. The molecule has 0 radical (unpaired) electrons. The van der Waals surface area contributed by atoms with Gasteiger partial charge in [0.1, 0.15) is 6.61 Å². The molecule has 7 heteroatoms. The number of hydrogen-bond acceptors (Lipinski definition) is 4. The van der Waals surface area contributed by atoms with Crippen molar-refractivity contribution in [1.82, 2.24) is 10.2 Å². The maximum Gasteiger partial charge on any atom is 0.416 e. The van der Waals surface area contributed by atoms with E-state index < -0.39 is 18.1 Å². The lowest BCUT2D eigenvalue weighted by Crippen LogP contribution is -2.43. The van der Waals surface area contributed by atoms with E-state index in [-0.39, 0.29) is 25.1 Å². The fraction of sp³-hybridized carbons (Fsp3) is 0.438. The van der Waals surface area contributed by atoms with Crippen LogP contribution < -0.4 is 5.32 Å². The first-order chi connectivity index (χ1) is 11.0. The minimum Gasteiger partial charge on any atom is -0.465 e. The molecule has 7 nitrogen and oxygen atoms in total. The molecule has 124 valence electrons. The Kier molecular flexibility index (Phi) is 5.56. The summed E-state index contributed by atoms with van der Waals surface area (Å²) in [6.07, 6.45) is -0.896. The molecule has 1 heterocycles. The molecule has 0 spiro atoms. The van der Waals surface area contributed by atoms with Crippen molar-refractivity contribution in [3.05, 3.63) is 35.9 Å². The molecule has 2 rings (SSSR count). The van der Waals surface area contributed by atoms with E-state index in [1.807, 2.05) is 30.3 Å². The second-order valence-corrected chi connectivity index (χ2v) is 5.55. The van der Waals surface area contributed by atoms with Gasteiger partial charge < -0.3 is 15.2 Å². The standard InChI is InChI=1S/C16H20N2O5/c1-11(7-8-17-15(20)21)14(19)18-13(10-23-16(18)22)9-12-5-3-2-4-6-12/h2-6,11,13,17H,7-10H2,1H3,(H,20,21). The molecule has 0 aliphatic carbocycles. The van der Waals surface area contributed by atoms with E-state index >= 15 is 0 Å². The van der Waals surface area contributed by atoms with E-state index in [0.29, 0.717) is 12.8 Å². The van der Waals surface area contributed by atoms with Crippen molar-refractivity contribution in [3.8, 4) is 0 Å². The second kappa shape index (κ2) is 7.62. The van der Waals surface area contributed by atoms with Crippen LogP contribution in [0.3, 0.4) is 0 Å². The molecule has 3 amide bonds. The van der Waals surface area contributed by atoms with Crippen LogP contribution in [0.5, 0.6) is 0 Å². The van der Waals surface area contributed by atoms with Gasteiger partial charge in [-0.25, -0.2) is 14.5 Å². The minimum absolute atomic E-state index is 0.161. The first-order valence-electron chi connectivity index (χ1n) is 7.49. The molecule has 2 N–H and O–H groups in total. The first kappa shape index (κ1) is 16.8. The Hall–Kier alpha value is -2.57. The Morgan fingerprint density at radius 2 is 2.09 bits per heavy atom. The smallest absolute Gasteiger partial charge is 0.416 e. The summed E-state index contributed by atoms with van der Waals surface area (Å²) in [6.45, 7) is 2.02. The van der Waals surface area contributed by atoms with Gasteiger partial charge in [0.2, 0.25) is 5.91 Å². The second-order valence-electron chi connectivity index (χ2n) is 5.55. The van der Waals surface area contributed by atoms with Gasteiger partial charge >= 0.3 is 12.2 Å². The summed E-state index contributed by atoms with van der Waals surface area (Å²) in [5, 5.41) is 10.8. The lowest BCUT2D eigenvalue weighted by atomic mass is 10.0. The molecular formula is C16H20N2O5. The third kappa shape index (κ3) is 4.45. The van der Waals surface area contributed by atoms with E-state index in [0.717, 1.165) is 5.56 Å². The SMILES string of the molecule is CC(CCNC(=O)O)C(=O)N1C(=O)OCC1Cc1ccccc1. The highest BCUT2D eigenvalue weighted by atomic mass is 16.6. The van der Waals surface area contributed by atoms with Gasteiger partial charge in [-0.1, -0.05) is 37.3 Å². The van der Waals surface area contributed by atoms with Crippen molar-refractivity contribution < 1.29 is 24.2 Å². The topological polar surface area (TPSA) is 95.9 Å². The van der Waals surface area contributed by atoms with E-state index in [2.05, 4.69) is 5.32 Å². The Labute approximate surface area is 134 Å². The van der Waals surface area contributed by atoms with Gasteiger partial charge in [-0.2, -0.15) is 0 Å². The predicted molar refractivity (Wildman–Crippen MR) is 81.9 cm³/mol. The van der Waals surface area contributed by atoms with E-state index in [4.69, 9.17) is 9.84 Å². The molecule has 2 atom stereocenters. The fourth-order valence-electron chi connectivity index (χ4n) is 2.52. The van der Waals surface area contributed by atoms with Crippen molar-refractivity contribution in [3.63, 3.8) is 0 Å². The van der Waals surface area contributed by atoms with Gasteiger partial charge in [0.25, 0.3) is 0 Å². The zero-order chi connectivity index (χ0) is 16.8. The van der Waals surface area contributed by atoms with Crippen molar-refractivity contribution in [1.29, 1.82) is 0 Å². The molecule has 0 aromatic heterocycles. The highest BCUT2D eigenvalue weighted by molar-refractivity contribution is 5.94. The molecule has 1 aliphatic heterocycles. The van der Waals surface area contributed by atoms with E-state index in [1.165, 1.54) is 4.90 Å². The Morgan fingerprint density at radius 1 is 1.39 bits per heavy atom. The summed E-state index contributed by atoms with van der Waals surface area (Å²) in [7, 11) is 0. The number of carboxylic acid groups (broad SMARTS) is 1. The van der Waals surface area contributed by atoms with Crippen LogP contribution in [-0.4, -0.2) is 47.3 Å². The summed E-state index contributed by atoms with van der Waals surface area (Å²) >= 11 is 0. The first-order valence-corrected chi connectivity index (χ1v) is 7.49. The van der Waals surface area contributed by atoms with Gasteiger partial charge in [0.15, 0.2) is 0 Å². The molecule has 1 aromatic rings. The Bertz CT molecular complexity index is 575. The van der Waals surface area contributed by atoms with Gasteiger partial charge in [-0.3, -0.25) is 4.79 Å².